The number of rotatable bonds is 7. The average molecular weight is 383 g/mol. The van der Waals surface area contributed by atoms with Crippen molar-refractivity contribution in [3.8, 4) is 11.4 Å². The first-order chi connectivity index (χ1) is 11.6. The van der Waals surface area contributed by atoms with E-state index in [0.717, 1.165) is 12.1 Å². The normalized spacial score (nSPS) is 12.5. The summed E-state index contributed by atoms with van der Waals surface area (Å²) in [6, 6.07) is 3.44. The number of benzene rings is 1. The monoisotopic (exact) mass is 383 g/mol. The molecule has 0 spiro atoms. The molecular formula is C13H13F4N3O4S. The van der Waals surface area contributed by atoms with Gasteiger partial charge in [-0.15, -0.1) is 0 Å². The van der Waals surface area contributed by atoms with Crippen LogP contribution in [0.1, 0.15) is 11.5 Å². The molecule has 0 saturated carbocycles. The Bertz CT molecular complexity index is 836. The summed E-state index contributed by atoms with van der Waals surface area (Å²) in [6.45, 7) is -0.189. The quantitative estimate of drug-likeness (QED) is 0.735. The molecule has 1 heterocycles. The lowest BCUT2D eigenvalue weighted by Crippen LogP contribution is -2.27. The van der Waals surface area contributed by atoms with Crippen LogP contribution in [0.5, 0.6) is 0 Å². The second-order valence-electron chi connectivity index (χ2n) is 4.87. The molecule has 0 saturated heterocycles. The number of ether oxygens (including phenoxy) is 1. The summed E-state index contributed by atoms with van der Waals surface area (Å²) in [6.07, 6.45) is -4.83. The van der Waals surface area contributed by atoms with Crippen molar-refractivity contribution in [1.29, 1.82) is 0 Å². The maximum absolute atomic E-state index is 14.1. The number of halogens is 4. The van der Waals surface area contributed by atoms with Gasteiger partial charge >= 0.3 is 12.1 Å². The molecule has 2 aromatic rings. The van der Waals surface area contributed by atoms with Crippen LogP contribution in [0.4, 0.5) is 17.6 Å². The highest BCUT2D eigenvalue weighted by atomic mass is 32.2. The van der Waals surface area contributed by atoms with E-state index in [1.54, 1.807) is 0 Å². The molecule has 0 bridgehead atoms. The average Bonchev–Trinajstić information content (AvgIpc) is 3.01. The minimum Gasteiger partial charge on any atom is -0.384 e. The lowest BCUT2D eigenvalue weighted by atomic mass is 10.1. The van der Waals surface area contributed by atoms with Crippen LogP contribution < -0.4 is 4.72 Å². The summed E-state index contributed by atoms with van der Waals surface area (Å²) in [5.74, 6) is -3.32. The molecule has 0 atom stereocenters. The van der Waals surface area contributed by atoms with Gasteiger partial charge in [-0.2, -0.15) is 18.2 Å². The van der Waals surface area contributed by atoms with Gasteiger partial charge in [0.05, 0.1) is 17.9 Å². The highest BCUT2D eigenvalue weighted by Gasteiger charge is 2.38. The molecule has 0 unspecified atom stereocenters. The zero-order chi connectivity index (χ0) is 18.7. The lowest BCUT2D eigenvalue weighted by molar-refractivity contribution is -0.159. The topological polar surface area (TPSA) is 94.3 Å². The molecule has 7 nitrogen and oxygen atoms in total. The van der Waals surface area contributed by atoms with Gasteiger partial charge in [0.25, 0.3) is 0 Å². The van der Waals surface area contributed by atoms with Gasteiger partial charge in [0.2, 0.25) is 15.8 Å². The van der Waals surface area contributed by atoms with Crippen molar-refractivity contribution >= 4 is 10.0 Å². The van der Waals surface area contributed by atoms with E-state index in [2.05, 4.69) is 24.1 Å². The Morgan fingerprint density at radius 1 is 1.32 bits per heavy atom. The van der Waals surface area contributed by atoms with Gasteiger partial charge in [-0.25, -0.2) is 17.5 Å². The summed E-state index contributed by atoms with van der Waals surface area (Å²) in [4.78, 5) is 3.09. The maximum atomic E-state index is 14.1. The van der Waals surface area contributed by atoms with Gasteiger partial charge in [-0.3, -0.25) is 0 Å². The van der Waals surface area contributed by atoms with Crippen molar-refractivity contribution in [2.75, 3.05) is 19.5 Å². The Morgan fingerprint density at radius 3 is 2.60 bits per heavy atom. The van der Waals surface area contributed by atoms with Gasteiger partial charge in [-0.05, 0) is 17.7 Å². The molecule has 0 fully saturated rings. The van der Waals surface area contributed by atoms with Crippen LogP contribution >= 0.6 is 0 Å². The van der Waals surface area contributed by atoms with Crippen molar-refractivity contribution in [3.05, 3.63) is 35.5 Å². The minimum absolute atomic E-state index is 0.00198. The molecule has 0 radical (unpaired) electrons. The zero-order valence-corrected chi connectivity index (χ0v) is 13.6. The third kappa shape index (κ3) is 5.21. The molecule has 1 aromatic heterocycles. The third-order valence-corrected chi connectivity index (χ3v) is 4.28. The number of nitrogens with zero attached hydrogens (tertiary/aromatic N) is 2. The van der Waals surface area contributed by atoms with E-state index in [4.69, 9.17) is 0 Å². The maximum Gasteiger partial charge on any atom is 0.471 e. The Balaban J connectivity index is 2.12. The Kier molecular flexibility index (Phi) is 5.75. The van der Waals surface area contributed by atoms with E-state index in [1.165, 1.54) is 13.2 Å². The van der Waals surface area contributed by atoms with Crippen LogP contribution in [0, 0.1) is 5.82 Å². The second kappa shape index (κ2) is 7.45. The Labute approximate surface area is 140 Å². The predicted octanol–water partition coefficient (Wildman–Crippen LogP) is 1.96. The molecule has 25 heavy (non-hydrogen) atoms. The number of hydrogen-bond acceptors (Lipinski definition) is 6. The predicted molar refractivity (Wildman–Crippen MR) is 77.2 cm³/mol. The molecular weight excluding hydrogens is 370 g/mol. The lowest BCUT2D eigenvalue weighted by Gasteiger charge is -2.07. The number of aromatic nitrogens is 2. The molecule has 0 aliphatic heterocycles. The first-order valence-corrected chi connectivity index (χ1v) is 8.43. The molecule has 0 aliphatic carbocycles. The number of hydrogen-bond donors (Lipinski definition) is 1. The van der Waals surface area contributed by atoms with E-state index >= 15 is 0 Å². The highest BCUT2D eigenvalue weighted by Crippen LogP contribution is 2.30. The third-order valence-electron chi connectivity index (χ3n) is 3.00. The van der Waals surface area contributed by atoms with E-state index in [0.29, 0.717) is 0 Å². The van der Waals surface area contributed by atoms with Crippen molar-refractivity contribution in [1.82, 2.24) is 14.9 Å². The van der Waals surface area contributed by atoms with Gasteiger partial charge in [0.1, 0.15) is 5.82 Å². The van der Waals surface area contributed by atoms with E-state index in [1.807, 2.05) is 0 Å². The van der Waals surface area contributed by atoms with E-state index < -0.39 is 33.7 Å². The summed E-state index contributed by atoms with van der Waals surface area (Å²) in [7, 11) is -2.24. The fourth-order valence-corrected chi connectivity index (χ4v) is 2.67. The van der Waals surface area contributed by atoms with Crippen molar-refractivity contribution < 1.29 is 35.2 Å². The summed E-state index contributed by atoms with van der Waals surface area (Å²) in [5, 5.41) is 3.09. The van der Waals surface area contributed by atoms with Gasteiger partial charge < -0.3 is 9.26 Å². The van der Waals surface area contributed by atoms with E-state index in [-0.39, 0.29) is 30.0 Å². The fourth-order valence-electron chi connectivity index (χ4n) is 1.76. The van der Waals surface area contributed by atoms with Crippen LogP contribution in [0.25, 0.3) is 11.4 Å². The SMILES string of the molecule is COCCS(=O)(=O)NCc1ccc(-c2noc(C(F)(F)F)n2)c(F)c1. The van der Waals surface area contributed by atoms with Crippen molar-refractivity contribution in [2.45, 2.75) is 12.7 Å². The van der Waals surface area contributed by atoms with Crippen LogP contribution in [-0.2, 0) is 27.5 Å². The Hall–Kier alpha value is -2.05. The van der Waals surface area contributed by atoms with Gasteiger partial charge in [0.15, 0.2) is 0 Å². The zero-order valence-electron chi connectivity index (χ0n) is 12.8. The first kappa shape index (κ1) is 19.3. The number of nitrogens with one attached hydrogen (secondary N) is 1. The first-order valence-electron chi connectivity index (χ1n) is 6.78. The largest absolute Gasteiger partial charge is 0.471 e. The molecule has 2 rings (SSSR count). The highest BCUT2D eigenvalue weighted by molar-refractivity contribution is 7.89. The van der Waals surface area contributed by atoms with E-state index in [9.17, 15) is 26.0 Å². The molecule has 0 aliphatic rings. The number of alkyl halides is 3. The summed E-state index contributed by atoms with van der Waals surface area (Å²) < 4.78 is 85.5. The number of methoxy groups -OCH3 is 1. The van der Waals surface area contributed by atoms with Crippen LogP contribution in [0.2, 0.25) is 0 Å². The molecule has 0 amide bonds. The molecule has 12 heteroatoms. The smallest absolute Gasteiger partial charge is 0.384 e. The van der Waals surface area contributed by atoms with Crippen LogP contribution in [-0.4, -0.2) is 38.0 Å². The standard InChI is InChI=1S/C13H13F4N3O4S/c1-23-4-5-25(21,22)18-7-8-2-3-9(10(14)6-8)11-19-12(24-20-11)13(15,16)17/h2-3,6,18H,4-5,7H2,1H3. The fraction of sp³-hybridized carbons (Fsp3) is 0.385. The Morgan fingerprint density at radius 2 is 2.04 bits per heavy atom. The second-order valence-corrected chi connectivity index (χ2v) is 6.79. The van der Waals surface area contributed by atoms with Crippen LogP contribution in [0.3, 0.4) is 0 Å². The van der Waals surface area contributed by atoms with Gasteiger partial charge in [0, 0.05) is 13.7 Å². The van der Waals surface area contributed by atoms with Crippen molar-refractivity contribution in [3.63, 3.8) is 0 Å². The van der Waals surface area contributed by atoms with Gasteiger partial charge in [-0.1, -0.05) is 11.2 Å². The number of sulfonamides is 1. The molecule has 138 valence electrons. The summed E-state index contributed by atoms with van der Waals surface area (Å²) >= 11 is 0. The molecule has 1 N–H and O–H groups in total. The van der Waals surface area contributed by atoms with Crippen LogP contribution in [0.15, 0.2) is 22.7 Å². The molecule has 1 aromatic carbocycles. The summed E-state index contributed by atoms with van der Waals surface area (Å²) in [5.41, 5.74) is -0.0352. The minimum atomic E-state index is -4.83. The van der Waals surface area contributed by atoms with Crippen molar-refractivity contribution in [2.24, 2.45) is 0 Å².